The molecule has 0 atom stereocenters. The van der Waals surface area contributed by atoms with E-state index in [-0.39, 0.29) is 5.91 Å². The van der Waals surface area contributed by atoms with Crippen LogP contribution in [0.3, 0.4) is 0 Å². The third-order valence-corrected chi connectivity index (χ3v) is 5.05. The summed E-state index contributed by atoms with van der Waals surface area (Å²) in [5.41, 5.74) is 0.983. The number of hydrogen-bond acceptors (Lipinski definition) is 3. The smallest absolute Gasteiger partial charge is 0.236 e. The molecule has 0 saturated heterocycles. The molecule has 3 aromatic carbocycles. The molecule has 3 nitrogen and oxygen atoms in total. The van der Waals surface area contributed by atoms with E-state index in [9.17, 15) is 4.79 Å². The number of carbonyl (C=O) groups excluding carboxylic acids is 1. The number of para-hydroxylation sites is 1. The Morgan fingerprint density at radius 3 is 2.50 bits per heavy atom. The van der Waals surface area contributed by atoms with Crippen molar-refractivity contribution in [3.63, 3.8) is 0 Å². The zero-order valence-corrected chi connectivity index (χ0v) is 15.7. The number of benzene rings is 3. The molecular weight excluding hydrogens is 342 g/mol. The zero-order chi connectivity index (χ0) is 18.2. The fourth-order valence-corrected chi connectivity index (χ4v) is 3.57. The predicted octanol–water partition coefficient (Wildman–Crippen LogP) is 5.00. The third-order valence-electron chi connectivity index (χ3n) is 4.14. The second-order valence-electron chi connectivity index (χ2n) is 5.85. The molecule has 0 saturated carbocycles. The summed E-state index contributed by atoms with van der Waals surface area (Å²) in [4.78, 5) is 14.6. The third kappa shape index (κ3) is 4.58. The highest BCUT2D eigenvalue weighted by Gasteiger charge is 2.15. The van der Waals surface area contributed by atoms with Crippen LogP contribution in [-0.2, 0) is 4.79 Å². The van der Waals surface area contributed by atoms with Gasteiger partial charge in [-0.05, 0) is 30.5 Å². The van der Waals surface area contributed by atoms with Crippen molar-refractivity contribution >= 4 is 34.1 Å². The molecular formula is C22H23NO2S. The van der Waals surface area contributed by atoms with Crippen molar-refractivity contribution in [3.8, 4) is 5.75 Å². The van der Waals surface area contributed by atoms with Crippen molar-refractivity contribution in [2.45, 2.75) is 6.92 Å². The average molecular weight is 365 g/mol. The summed E-state index contributed by atoms with van der Waals surface area (Å²) in [6, 6.07) is 24.0. The van der Waals surface area contributed by atoms with Gasteiger partial charge in [-0.2, -0.15) is 0 Å². The van der Waals surface area contributed by atoms with Crippen LogP contribution in [0.1, 0.15) is 6.92 Å². The summed E-state index contributed by atoms with van der Waals surface area (Å²) in [7, 11) is 0. The van der Waals surface area contributed by atoms with Gasteiger partial charge in [-0.3, -0.25) is 4.79 Å². The number of carbonyl (C=O) groups is 1. The van der Waals surface area contributed by atoms with E-state index in [1.54, 1.807) is 11.8 Å². The van der Waals surface area contributed by atoms with Gasteiger partial charge < -0.3 is 9.64 Å². The Bertz CT molecular complexity index is 846. The van der Waals surface area contributed by atoms with Gasteiger partial charge >= 0.3 is 0 Å². The average Bonchev–Trinajstić information content (AvgIpc) is 2.69. The number of anilines is 1. The van der Waals surface area contributed by atoms with Gasteiger partial charge in [-0.1, -0.05) is 54.6 Å². The lowest BCUT2D eigenvalue weighted by Gasteiger charge is -2.22. The number of hydrogen-bond donors (Lipinski definition) is 0. The second-order valence-corrected chi connectivity index (χ2v) is 6.96. The molecule has 0 N–H and O–H groups in total. The first-order valence-electron chi connectivity index (χ1n) is 8.83. The first-order chi connectivity index (χ1) is 12.8. The van der Waals surface area contributed by atoms with Crippen molar-refractivity contribution in [1.29, 1.82) is 0 Å². The van der Waals surface area contributed by atoms with E-state index in [2.05, 4.69) is 18.2 Å². The first kappa shape index (κ1) is 18.3. The molecule has 4 heteroatoms. The molecule has 0 aliphatic rings. The van der Waals surface area contributed by atoms with E-state index in [0.717, 1.165) is 28.0 Å². The summed E-state index contributed by atoms with van der Waals surface area (Å²) < 4.78 is 5.67. The normalized spacial score (nSPS) is 10.7. The lowest BCUT2D eigenvalue weighted by atomic mass is 10.1. The SMILES string of the molecule is CCN(C(=O)CSCCOc1ccccc1)c1cccc2ccccc12. The minimum absolute atomic E-state index is 0.133. The van der Waals surface area contributed by atoms with Crippen LogP contribution in [0.15, 0.2) is 72.8 Å². The molecule has 0 heterocycles. The number of fused-ring (bicyclic) bond motifs is 1. The fourth-order valence-electron chi connectivity index (χ4n) is 2.90. The zero-order valence-electron chi connectivity index (χ0n) is 14.9. The molecule has 0 aliphatic heterocycles. The number of nitrogens with zero attached hydrogens (tertiary/aromatic N) is 1. The van der Waals surface area contributed by atoms with Crippen LogP contribution >= 0.6 is 11.8 Å². The van der Waals surface area contributed by atoms with E-state index in [1.165, 1.54) is 0 Å². The van der Waals surface area contributed by atoms with Gasteiger partial charge in [0, 0.05) is 17.7 Å². The molecule has 3 rings (SSSR count). The molecule has 3 aromatic rings. The second kappa shape index (κ2) is 9.30. The number of ether oxygens (including phenoxy) is 1. The van der Waals surface area contributed by atoms with E-state index in [1.807, 2.05) is 66.4 Å². The van der Waals surface area contributed by atoms with Crippen LogP contribution in [0.4, 0.5) is 5.69 Å². The van der Waals surface area contributed by atoms with Crippen LogP contribution in [0.5, 0.6) is 5.75 Å². The minimum atomic E-state index is 0.133. The summed E-state index contributed by atoms with van der Waals surface area (Å²) in [5, 5.41) is 2.27. The lowest BCUT2D eigenvalue weighted by Crippen LogP contribution is -2.32. The van der Waals surface area contributed by atoms with Gasteiger partial charge in [-0.15, -0.1) is 11.8 Å². The number of rotatable bonds is 8. The van der Waals surface area contributed by atoms with Gasteiger partial charge in [-0.25, -0.2) is 0 Å². The van der Waals surface area contributed by atoms with Crippen molar-refractivity contribution in [3.05, 3.63) is 72.8 Å². The Morgan fingerprint density at radius 1 is 0.962 bits per heavy atom. The quantitative estimate of drug-likeness (QED) is 0.526. The maximum absolute atomic E-state index is 12.7. The van der Waals surface area contributed by atoms with Crippen molar-refractivity contribution in [2.24, 2.45) is 0 Å². The highest BCUT2D eigenvalue weighted by molar-refractivity contribution is 7.99. The largest absolute Gasteiger partial charge is 0.493 e. The molecule has 0 bridgehead atoms. The number of thioether (sulfide) groups is 1. The van der Waals surface area contributed by atoms with E-state index < -0.39 is 0 Å². The van der Waals surface area contributed by atoms with Gasteiger partial charge in [0.05, 0.1) is 18.0 Å². The fraction of sp³-hybridized carbons (Fsp3) is 0.227. The Labute approximate surface area is 159 Å². The Hall–Kier alpha value is -2.46. The monoisotopic (exact) mass is 365 g/mol. The predicted molar refractivity (Wildman–Crippen MR) is 111 cm³/mol. The van der Waals surface area contributed by atoms with Crippen LogP contribution in [0, 0.1) is 0 Å². The molecule has 0 radical (unpaired) electrons. The molecule has 0 aliphatic carbocycles. The molecule has 0 unspecified atom stereocenters. The van der Waals surface area contributed by atoms with Gasteiger partial charge in [0.1, 0.15) is 5.75 Å². The summed E-state index contributed by atoms with van der Waals surface area (Å²) >= 11 is 1.61. The lowest BCUT2D eigenvalue weighted by molar-refractivity contribution is -0.116. The standard InChI is InChI=1S/C22H23NO2S/c1-2-23(21-14-8-10-18-9-6-7-13-20(18)21)22(24)17-26-16-15-25-19-11-4-3-5-12-19/h3-14H,2,15-17H2,1H3. The molecule has 1 amide bonds. The molecule has 0 fully saturated rings. The summed E-state index contributed by atoms with van der Waals surface area (Å²) in [6.07, 6.45) is 0. The van der Waals surface area contributed by atoms with E-state index in [0.29, 0.717) is 18.9 Å². The summed E-state index contributed by atoms with van der Waals surface area (Å²) in [6.45, 7) is 3.28. The van der Waals surface area contributed by atoms with Crippen molar-refractivity contribution in [2.75, 3.05) is 29.6 Å². The van der Waals surface area contributed by atoms with Crippen LogP contribution in [0.25, 0.3) is 10.8 Å². The van der Waals surface area contributed by atoms with Crippen LogP contribution < -0.4 is 9.64 Å². The van der Waals surface area contributed by atoms with E-state index >= 15 is 0 Å². The highest BCUT2D eigenvalue weighted by Crippen LogP contribution is 2.27. The molecule has 134 valence electrons. The van der Waals surface area contributed by atoms with E-state index in [4.69, 9.17) is 4.74 Å². The minimum Gasteiger partial charge on any atom is -0.493 e. The van der Waals surface area contributed by atoms with Gasteiger partial charge in [0.15, 0.2) is 0 Å². The molecule has 0 spiro atoms. The van der Waals surface area contributed by atoms with Gasteiger partial charge in [0.2, 0.25) is 5.91 Å². The highest BCUT2D eigenvalue weighted by atomic mass is 32.2. The van der Waals surface area contributed by atoms with Crippen molar-refractivity contribution < 1.29 is 9.53 Å². The Balaban J connectivity index is 1.55. The van der Waals surface area contributed by atoms with Crippen molar-refractivity contribution in [1.82, 2.24) is 0 Å². The Kier molecular flexibility index (Phi) is 6.56. The topological polar surface area (TPSA) is 29.5 Å². The Morgan fingerprint density at radius 2 is 1.69 bits per heavy atom. The molecule has 26 heavy (non-hydrogen) atoms. The van der Waals surface area contributed by atoms with Gasteiger partial charge in [0.25, 0.3) is 0 Å². The number of amides is 1. The summed E-state index contributed by atoms with van der Waals surface area (Å²) in [5.74, 6) is 2.24. The first-order valence-corrected chi connectivity index (χ1v) is 9.99. The maximum atomic E-state index is 12.7. The van der Waals surface area contributed by atoms with Crippen LogP contribution in [0.2, 0.25) is 0 Å². The molecule has 0 aromatic heterocycles. The maximum Gasteiger partial charge on any atom is 0.236 e. The van der Waals surface area contributed by atoms with Crippen LogP contribution in [-0.4, -0.2) is 30.6 Å².